The maximum atomic E-state index is 14.0. The van der Waals surface area contributed by atoms with Gasteiger partial charge in [0.1, 0.15) is 10.8 Å². The zero-order valence-corrected chi connectivity index (χ0v) is 20.9. The summed E-state index contributed by atoms with van der Waals surface area (Å²) in [5.41, 5.74) is 6.00. The van der Waals surface area contributed by atoms with E-state index in [-0.39, 0.29) is 17.9 Å². The molecule has 0 unspecified atom stereocenters. The van der Waals surface area contributed by atoms with Crippen LogP contribution in [0.25, 0.3) is 5.00 Å². The van der Waals surface area contributed by atoms with Crippen molar-refractivity contribution in [2.45, 2.75) is 45.2 Å². The summed E-state index contributed by atoms with van der Waals surface area (Å²) >= 11 is 8.18. The molecular formula is C28H25ClFN3OS. The van der Waals surface area contributed by atoms with Crippen molar-refractivity contribution in [2.75, 3.05) is 5.32 Å². The van der Waals surface area contributed by atoms with E-state index < -0.39 is 0 Å². The van der Waals surface area contributed by atoms with Crippen molar-refractivity contribution in [3.63, 3.8) is 0 Å². The van der Waals surface area contributed by atoms with Crippen LogP contribution in [0.1, 0.15) is 51.7 Å². The average molecular weight is 506 g/mol. The average Bonchev–Trinajstić information content (AvgIpc) is 3.45. The van der Waals surface area contributed by atoms with Crippen LogP contribution >= 0.6 is 22.9 Å². The highest BCUT2D eigenvalue weighted by Gasteiger charge is 2.36. The molecule has 3 heterocycles. The minimum atomic E-state index is -0.371. The Morgan fingerprint density at radius 3 is 2.69 bits per heavy atom. The van der Waals surface area contributed by atoms with Crippen molar-refractivity contribution in [1.82, 2.24) is 9.47 Å². The molecule has 1 aliphatic carbocycles. The molecule has 0 spiro atoms. The molecule has 1 atom stereocenters. The third-order valence-corrected chi connectivity index (χ3v) is 8.88. The van der Waals surface area contributed by atoms with Crippen molar-refractivity contribution in [1.29, 1.82) is 0 Å². The fraction of sp³-hybridized carbons (Fsp3) is 0.250. The van der Waals surface area contributed by atoms with Gasteiger partial charge in [0.05, 0.1) is 18.3 Å². The number of benzene rings is 2. The summed E-state index contributed by atoms with van der Waals surface area (Å²) in [6, 6.07) is 15.5. The Balaban J connectivity index is 1.50. The Hall–Kier alpha value is -3.09. The smallest absolute Gasteiger partial charge is 0.310 e. The lowest BCUT2D eigenvalue weighted by molar-refractivity contribution is 0.194. The maximum Gasteiger partial charge on any atom is 0.322 e. The summed E-state index contributed by atoms with van der Waals surface area (Å²) in [6.07, 6.45) is 6.60. The standard InChI is InChI=1S/C28H25ClFN3OS/c1-17-22(29)7-4-8-23(17)31-28(34)33-16-21-20-6-2-3-10-25(20)35-27(21)32-15-5-9-24(32)26(33)18-11-13-19(30)14-12-18/h4-5,7-9,11-15,26H,2-3,6,10,16H2,1H3,(H,31,34)/t26-/m1/s1. The zero-order valence-electron chi connectivity index (χ0n) is 19.4. The van der Waals surface area contributed by atoms with Crippen LogP contribution in [0.5, 0.6) is 0 Å². The number of amides is 2. The summed E-state index contributed by atoms with van der Waals surface area (Å²) in [7, 11) is 0. The molecule has 4 aromatic rings. The molecule has 4 nitrogen and oxygen atoms in total. The monoisotopic (exact) mass is 505 g/mol. The van der Waals surface area contributed by atoms with Crippen molar-refractivity contribution < 1.29 is 9.18 Å². The van der Waals surface area contributed by atoms with Crippen molar-refractivity contribution in [3.8, 4) is 5.00 Å². The SMILES string of the molecule is Cc1c(Cl)cccc1NC(=O)N1Cc2c(sc3c2CCCC3)-n2cccc2[C@H]1c1ccc(F)cc1. The number of urea groups is 1. The molecule has 0 fully saturated rings. The van der Waals surface area contributed by atoms with Crippen LogP contribution in [0.15, 0.2) is 60.8 Å². The second kappa shape index (κ2) is 8.85. The minimum absolute atomic E-state index is 0.207. The number of nitrogens with one attached hydrogen (secondary N) is 1. The molecule has 0 saturated heterocycles. The van der Waals surface area contributed by atoms with E-state index in [1.807, 2.05) is 47.4 Å². The minimum Gasteiger partial charge on any atom is -0.310 e. The van der Waals surface area contributed by atoms with Crippen molar-refractivity contribution >= 4 is 34.7 Å². The predicted molar refractivity (Wildman–Crippen MR) is 139 cm³/mol. The molecule has 7 heteroatoms. The Labute approximate surface area is 213 Å². The molecule has 2 aromatic heterocycles. The molecular weight excluding hydrogens is 481 g/mol. The first-order valence-corrected chi connectivity index (χ1v) is 13.1. The van der Waals surface area contributed by atoms with Crippen LogP contribution in [0.4, 0.5) is 14.9 Å². The molecule has 1 aliphatic heterocycles. The van der Waals surface area contributed by atoms with E-state index in [4.69, 9.17) is 11.6 Å². The van der Waals surface area contributed by atoms with Crippen LogP contribution in [0, 0.1) is 12.7 Å². The number of halogens is 2. The third kappa shape index (κ3) is 3.85. The van der Waals surface area contributed by atoms with Gasteiger partial charge in [0.15, 0.2) is 0 Å². The van der Waals surface area contributed by atoms with Crippen LogP contribution < -0.4 is 5.32 Å². The highest BCUT2D eigenvalue weighted by atomic mass is 35.5. The number of carbonyl (C=O) groups is 1. The van der Waals surface area contributed by atoms with Gasteiger partial charge in [-0.05, 0) is 85.7 Å². The molecule has 0 radical (unpaired) electrons. The summed E-state index contributed by atoms with van der Waals surface area (Å²) in [4.78, 5) is 17.3. The maximum absolute atomic E-state index is 14.0. The molecule has 2 aliphatic rings. The first kappa shape index (κ1) is 22.4. The Morgan fingerprint density at radius 1 is 1.06 bits per heavy atom. The van der Waals surface area contributed by atoms with Crippen molar-refractivity contribution in [3.05, 3.63) is 104 Å². The lowest BCUT2D eigenvalue weighted by Gasteiger charge is -2.31. The first-order chi connectivity index (χ1) is 17.0. The zero-order chi connectivity index (χ0) is 24.1. The molecule has 2 aromatic carbocycles. The van der Waals surface area contributed by atoms with Crippen LogP contribution in [0.3, 0.4) is 0 Å². The number of aryl methyl sites for hydroxylation is 1. The lowest BCUT2D eigenvalue weighted by Crippen LogP contribution is -2.38. The fourth-order valence-corrected chi connectivity index (χ4v) is 6.89. The van der Waals surface area contributed by atoms with E-state index in [9.17, 15) is 9.18 Å². The highest BCUT2D eigenvalue weighted by Crippen LogP contribution is 2.44. The van der Waals surface area contributed by atoms with E-state index in [1.54, 1.807) is 12.1 Å². The first-order valence-electron chi connectivity index (χ1n) is 11.9. The van der Waals surface area contributed by atoms with Gasteiger partial charge in [0.2, 0.25) is 0 Å². The number of aromatic nitrogens is 1. The van der Waals surface area contributed by atoms with E-state index in [2.05, 4.69) is 22.1 Å². The number of anilines is 1. The van der Waals surface area contributed by atoms with E-state index in [0.717, 1.165) is 29.7 Å². The molecule has 0 bridgehead atoms. The number of carbonyl (C=O) groups excluding carboxylic acids is 1. The fourth-order valence-electron chi connectivity index (χ4n) is 5.31. The molecule has 2 amide bonds. The third-order valence-electron chi connectivity index (χ3n) is 7.13. The van der Waals surface area contributed by atoms with E-state index >= 15 is 0 Å². The Morgan fingerprint density at radius 2 is 1.86 bits per heavy atom. The van der Waals surface area contributed by atoms with Gasteiger partial charge < -0.3 is 14.8 Å². The van der Waals surface area contributed by atoms with Gasteiger partial charge in [-0.2, -0.15) is 0 Å². The molecule has 35 heavy (non-hydrogen) atoms. The quantitative estimate of drug-likeness (QED) is 0.298. The van der Waals surface area contributed by atoms with Gasteiger partial charge in [0, 0.05) is 27.3 Å². The second-order valence-corrected chi connectivity index (χ2v) is 10.7. The number of rotatable bonds is 2. The number of nitrogens with zero attached hydrogens (tertiary/aromatic N) is 2. The number of hydrogen-bond acceptors (Lipinski definition) is 2. The van der Waals surface area contributed by atoms with Crippen LogP contribution in [0.2, 0.25) is 5.02 Å². The Kier molecular flexibility index (Phi) is 5.66. The molecule has 0 saturated carbocycles. The second-order valence-electron chi connectivity index (χ2n) is 9.22. The number of fused-ring (bicyclic) bond motifs is 5. The van der Waals surface area contributed by atoms with Gasteiger partial charge in [-0.25, -0.2) is 9.18 Å². The largest absolute Gasteiger partial charge is 0.322 e. The van der Waals surface area contributed by atoms with Gasteiger partial charge in [0.25, 0.3) is 0 Å². The number of thiophene rings is 1. The van der Waals surface area contributed by atoms with Gasteiger partial charge in [-0.3, -0.25) is 0 Å². The molecule has 1 N–H and O–H groups in total. The van der Waals surface area contributed by atoms with Gasteiger partial charge in [-0.1, -0.05) is 29.8 Å². The van der Waals surface area contributed by atoms with Gasteiger partial charge in [-0.15, -0.1) is 11.3 Å². The highest BCUT2D eigenvalue weighted by molar-refractivity contribution is 7.15. The van der Waals surface area contributed by atoms with Crippen LogP contribution in [-0.2, 0) is 19.4 Å². The topological polar surface area (TPSA) is 37.3 Å². The van der Waals surface area contributed by atoms with Crippen LogP contribution in [-0.4, -0.2) is 15.5 Å². The molecule has 178 valence electrons. The lowest BCUT2D eigenvalue weighted by atomic mass is 9.95. The Bertz CT molecular complexity index is 1420. The normalized spacial score (nSPS) is 16.8. The molecule has 6 rings (SSSR count). The van der Waals surface area contributed by atoms with Crippen molar-refractivity contribution in [2.24, 2.45) is 0 Å². The number of hydrogen-bond donors (Lipinski definition) is 1. The summed E-state index contributed by atoms with van der Waals surface area (Å²) in [5, 5.41) is 4.91. The van der Waals surface area contributed by atoms with E-state index in [0.29, 0.717) is 17.3 Å². The predicted octanol–water partition coefficient (Wildman–Crippen LogP) is 7.66. The summed E-state index contributed by atoms with van der Waals surface area (Å²) in [6.45, 7) is 2.38. The summed E-state index contributed by atoms with van der Waals surface area (Å²) < 4.78 is 16.1. The summed E-state index contributed by atoms with van der Waals surface area (Å²) in [5.74, 6) is -0.295. The van der Waals surface area contributed by atoms with Gasteiger partial charge >= 0.3 is 6.03 Å². The van der Waals surface area contributed by atoms with E-state index in [1.165, 1.54) is 46.0 Å².